The van der Waals surface area contributed by atoms with Gasteiger partial charge in [-0.25, -0.2) is 18.5 Å². The second-order valence-electron chi connectivity index (χ2n) is 8.22. The van der Waals surface area contributed by atoms with Crippen molar-refractivity contribution in [3.63, 3.8) is 0 Å². The van der Waals surface area contributed by atoms with Crippen molar-refractivity contribution in [3.8, 4) is 6.07 Å². The number of H-pyrrole nitrogens is 1. The fraction of sp³-hybridized carbons (Fsp3) is 0.650. The average molecular weight is 417 g/mol. The minimum absolute atomic E-state index is 0.252. The van der Waals surface area contributed by atoms with Gasteiger partial charge in [0.15, 0.2) is 0 Å². The SMILES string of the molecule is CN=S(=O)(CC1CCC(N(C)c2ncnc3[nH]ccc23)CC1)C1(CC#N)COC1. The highest BCUT2D eigenvalue weighted by Gasteiger charge is 2.49. The van der Waals surface area contributed by atoms with E-state index in [1.807, 2.05) is 12.3 Å². The maximum absolute atomic E-state index is 13.6. The molecule has 1 N–H and O–H groups in total. The molecule has 3 heterocycles. The summed E-state index contributed by atoms with van der Waals surface area (Å²) in [6, 6.07) is 4.61. The molecule has 2 aromatic heterocycles. The van der Waals surface area contributed by atoms with Crippen molar-refractivity contribution in [2.75, 3.05) is 38.0 Å². The summed E-state index contributed by atoms with van der Waals surface area (Å²) in [5.74, 6) is 1.89. The monoisotopic (exact) mass is 416 g/mol. The third kappa shape index (κ3) is 3.49. The highest BCUT2D eigenvalue weighted by atomic mass is 32.2. The lowest BCUT2D eigenvalue weighted by molar-refractivity contribution is -0.00997. The zero-order valence-corrected chi connectivity index (χ0v) is 17.8. The molecule has 2 fully saturated rings. The molecule has 2 aliphatic rings. The minimum Gasteiger partial charge on any atom is -0.378 e. The number of hydrogen-bond acceptors (Lipinski definition) is 7. The Morgan fingerprint density at radius 1 is 1.38 bits per heavy atom. The van der Waals surface area contributed by atoms with E-state index in [9.17, 15) is 9.47 Å². The predicted octanol–water partition coefficient (Wildman–Crippen LogP) is 2.73. The summed E-state index contributed by atoms with van der Waals surface area (Å²) in [5.41, 5.74) is 0.852. The summed E-state index contributed by atoms with van der Waals surface area (Å²) in [5, 5.41) is 10.2. The van der Waals surface area contributed by atoms with Crippen molar-refractivity contribution in [2.24, 2.45) is 10.3 Å². The fourth-order valence-electron chi connectivity index (χ4n) is 4.65. The molecule has 1 unspecified atom stereocenters. The van der Waals surface area contributed by atoms with Crippen molar-refractivity contribution in [1.82, 2.24) is 15.0 Å². The molecule has 0 amide bonds. The summed E-state index contributed by atoms with van der Waals surface area (Å²) in [4.78, 5) is 14.2. The Kier molecular flexibility index (Phi) is 5.49. The molecule has 0 aromatic carbocycles. The maximum atomic E-state index is 13.6. The van der Waals surface area contributed by atoms with Gasteiger partial charge in [-0.1, -0.05) is 0 Å². The molecule has 1 aliphatic carbocycles. The summed E-state index contributed by atoms with van der Waals surface area (Å²) in [7, 11) is 1.27. The topological polar surface area (TPSA) is 107 Å². The molecule has 156 valence electrons. The van der Waals surface area contributed by atoms with Gasteiger partial charge in [0.05, 0.1) is 40.8 Å². The Morgan fingerprint density at radius 3 is 2.76 bits per heavy atom. The third-order valence-corrected chi connectivity index (χ3v) is 9.84. The van der Waals surface area contributed by atoms with E-state index in [1.165, 1.54) is 0 Å². The number of nitrogens with one attached hydrogen (secondary N) is 1. The van der Waals surface area contributed by atoms with Crippen LogP contribution in [0.2, 0.25) is 0 Å². The molecular formula is C20H28N6O2S. The van der Waals surface area contributed by atoms with Crippen LogP contribution < -0.4 is 4.90 Å². The largest absolute Gasteiger partial charge is 0.378 e. The van der Waals surface area contributed by atoms with Crippen LogP contribution in [0.1, 0.15) is 32.1 Å². The fourth-order valence-corrected chi connectivity index (χ4v) is 7.34. The molecule has 1 atom stereocenters. The Morgan fingerprint density at radius 2 is 2.14 bits per heavy atom. The number of fused-ring (bicyclic) bond motifs is 1. The number of nitriles is 1. The van der Waals surface area contributed by atoms with Crippen LogP contribution in [0.25, 0.3) is 11.0 Å². The molecule has 1 saturated heterocycles. The second-order valence-corrected chi connectivity index (χ2v) is 11.1. The van der Waals surface area contributed by atoms with E-state index in [0.29, 0.717) is 30.9 Å². The van der Waals surface area contributed by atoms with Gasteiger partial charge in [0, 0.05) is 32.1 Å². The summed E-state index contributed by atoms with van der Waals surface area (Å²) >= 11 is 0. The molecule has 1 saturated carbocycles. The second kappa shape index (κ2) is 7.92. The van der Waals surface area contributed by atoms with Crippen LogP contribution in [0.4, 0.5) is 5.82 Å². The van der Waals surface area contributed by atoms with Gasteiger partial charge in [0.2, 0.25) is 0 Å². The van der Waals surface area contributed by atoms with Gasteiger partial charge in [0.25, 0.3) is 0 Å². The first-order valence-electron chi connectivity index (χ1n) is 10.1. The zero-order chi connectivity index (χ0) is 20.5. The van der Waals surface area contributed by atoms with E-state index >= 15 is 0 Å². The van der Waals surface area contributed by atoms with Crippen molar-refractivity contribution < 1.29 is 8.95 Å². The molecule has 8 nitrogen and oxygen atoms in total. The van der Waals surface area contributed by atoms with Crippen LogP contribution in [0.15, 0.2) is 23.0 Å². The van der Waals surface area contributed by atoms with Gasteiger partial charge in [0.1, 0.15) is 22.5 Å². The number of aromatic amines is 1. The van der Waals surface area contributed by atoms with E-state index in [-0.39, 0.29) is 6.42 Å². The number of ether oxygens (including phenoxy) is 1. The first-order valence-corrected chi connectivity index (χ1v) is 11.8. The Bertz CT molecular complexity index is 1020. The summed E-state index contributed by atoms with van der Waals surface area (Å²) < 4.78 is 22.7. The summed E-state index contributed by atoms with van der Waals surface area (Å²) in [6.45, 7) is 0.768. The number of nitrogens with zero attached hydrogens (tertiary/aromatic N) is 5. The Balaban J connectivity index is 1.42. The smallest absolute Gasteiger partial charge is 0.142 e. The van der Waals surface area contributed by atoms with Gasteiger partial charge in [-0.05, 0) is 37.7 Å². The van der Waals surface area contributed by atoms with E-state index in [2.05, 4.69) is 37.3 Å². The minimum atomic E-state index is -2.46. The average Bonchev–Trinajstić information content (AvgIpc) is 3.19. The van der Waals surface area contributed by atoms with Gasteiger partial charge >= 0.3 is 0 Å². The number of rotatable bonds is 6. The Labute approximate surface area is 171 Å². The van der Waals surface area contributed by atoms with Crippen molar-refractivity contribution >= 4 is 26.6 Å². The first-order chi connectivity index (χ1) is 14.0. The van der Waals surface area contributed by atoms with Crippen molar-refractivity contribution in [2.45, 2.75) is 42.9 Å². The van der Waals surface area contributed by atoms with E-state index in [4.69, 9.17) is 4.74 Å². The highest BCUT2D eigenvalue weighted by molar-refractivity contribution is 7.95. The molecule has 0 radical (unpaired) electrons. The van der Waals surface area contributed by atoms with Gasteiger partial charge < -0.3 is 14.6 Å². The Hall–Kier alpha value is -2.18. The third-order valence-electron chi connectivity index (χ3n) is 6.60. The van der Waals surface area contributed by atoms with Gasteiger partial charge in [-0.15, -0.1) is 0 Å². The first kappa shape index (κ1) is 20.1. The number of aromatic nitrogens is 3. The van der Waals surface area contributed by atoms with Crippen LogP contribution in [-0.4, -0.2) is 63.0 Å². The normalized spacial score (nSPS) is 25.6. The zero-order valence-electron chi connectivity index (χ0n) is 17.0. The molecule has 29 heavy (non-hydrogen) atoms. The quantitative estimate of drug-likeness (QED) is 0.776. The number of hydrogen-bond donors (Lipinski definition) is 1. The standard InChI is InChI=1S/C20H28N6O2S/c1-22-29(27,20(8-9-21)12-28-13-20)11-15-3-5-16(6-4-15)26(2)19-17-7-10-23-18(17)24-14-25-19/h7,10,14-16H,3-6,8,11-13H2,1-2H3,(H,23,24,25). The van der Waals surface area contributed by atoms with E-state index in [0.717, 1.165) is 42.5 Å². The lowest BCUT2D eigenvalue weighted by atomic mass is 9.86. The van der Waals surface area contributed by atoms with Crippen molar-refractivity contribution in [1.29, 1.82) is 5.26 Å². The molecular weight excluding hydrogens is 388 g/mol. The van der Waals surface area contributed by atoms with Crippen LogP contribution in [0.3, 0.4) is 0 Å². The molecule has 4 rings (SSSR count). The van der Waals surface area contributed by atoms with Gasteiger partial charge in [-0.3, -0.25) is 0 Å². The molecule has 1 aliphatic heterocycles. The lowest BCUT2D eigenvalue weighted by Gasteiger charge is -2.43. The van der Waals surface area contributed by atoms with Crippen LogP contribution in [0, 0.1) is 17.2 Å². The molecule has 0 bridgehead atoms. The van der Waals surface area contributed by atoms with Crippen molar-refractivity contribution in [3.05, 3.63) is 18.6 Å². The van der Waals surface area contributed by atoms with E-state index < -0.39 is 14.5 Å². The number of anilines is 1. The van der Waals surface area contributed by atoms with Crippen LogP contribution in [-0.2, 0) is 14.5 Å². The summed E-state index contributed by atoms with van der Waals surface area (Å²) in [6.07, 6.45) is 7.81. The molecule has 2 aromatic rings. The van der Waals surface area contributed by atoms with E-state index in [1.54, 1.807) is 13.4 Å². The lowest BCUT2D eigenvalue weighted by Crippen LogP contribution is -2.56. The molecule has 9 heteroatoms. The molecule has 0 spiro atoms. The van der Waals surface area contributed by atoms with Crippen LogP contribution >= 0.6 is 0 Å². The maximum Gasteiger partial charge on any atom is 0.142 e. The predicted molar refractivity (Wildman–Crippen MR) is 113 cm³/mol. The van der Waals surface area contributed by atoms with Gasteiger partial charge in [-0.2, -0.15) is 5.26 Å². The van der Waals surface area contributed by atoms with Crippen LogP contribution in [0.5, 0.6) is 0 Å². The highest BCUT2D eigenvalue weighted by Crippen LogP contribution is 2.37.